The molecule has 0 spiro atoms. The van der Waals surface area contributed by atoms with Crippen molar-refractivity contribution in [2.24, 2.45) is 0 Å². The van der Waals surface area contributed by atoms with Crippen molar-refractivity contribution in [3.05, 3.63) is 0 Å². The molecule has 0 N–H and O–H groups in total. The fourth-order valence-electron chi connectivity index (χ4n) is 1.89. The summed E-state index contributed by atoms with van der Waals surface area (Å²) in [4.78, 5) is 0. The molecule has 0 aromatic carbocycles. The predicted octanol–water partition coefficient (Wildman–Crippen LogP) is 1.11. The summed E-state index contributed by atoms with van der Waals surface area (Å²) in [6.45, 7) is 1.95. The van der Waals surface area contributed by atoms with Crippen LogP contribution in [0.4, 0.5) is 0 Å². The van der Waals surface area contributed by atoms with Gasteiger partial charge in [0.05, 0.1) is 37.6 Å². The quantitative estimate of drug-likeness (QED) is 0.580. The van der Waals surface area contributed by atoms with E-state index in [2.05, 4.69) is 0 Å². The summed E-state index contributed by atoms with van der Waals surface area (Å²) in [5.74, 6) is 0. The van der Waals surface area contributed by atoms with Crippen LogP contribution in [0.3, 0.4) is 0 Å². The summed E-state index contributed by atoms with van der Waals surface area (Å²) in [5.41, 5.74) is 0. The van der Waals surface area contributed by atoms with Crippen LogP contribution in [0.15, 0.2) is 0 Å². The minimum Gasteiger partial charge on any atom is -0.373 e. The number of hydrogen-bond acceptors (Lipinski definition) is 3. The highest BCUT2D eigenvalue weighted by molar-refractivity contribution is 4.89. The maximum absolute atomic E-state index is 5.55. The third-order valence-electron chi connectivity index (χ3n) is 3.00. The molecule has 3 aliphatic heterocycles. The Morgan fingerprint density at radius 1 is 0.923 bits per heavy atom. The first-order valence-electron chi connectivity index (χ1n) is 5.30. The highest BCUT2D eigenvalue weighted by Gasteiger charge is 2.42. The van der Waals surface area contributed by atoms with Crippen molar-refractivity contribution in [1.82, 2.24) is 0 Å². The van der Waals surface area contributed by atoms with E-state index in [1.807, 2.05) is 0 Å². The first-order chi connectivity index (χ1) is 6.42. The molecule has 13 heavy (non-hydrogen) atoms. The zero-order valence-corrected chi connectivity index (χ0v) is 7.78. The second-order valence-electron chi connectivity index (χ2n) is 4.29. The predicted molar refractivity (Wildman–Crippen MR) is 46.6 cm³/mol. The lowest BCUT2D eigenvalue weighted by Crippen LogP contribution is -1.99. The van der Waals surface area contributed by atoms with Gasteiger partial charge in [-0.15, -0.1) is 0 Å². The molecule has 3 nitrogen and oxygen atoms in total. The molecular formula is C10H16O3. The molecule has 0 amide bonds. The molecule has 3 heteroatoms. The maximum Gasteiger partial charge on any atom is 0.0867 e. The van der Waals surface area contributed by atoms with Crippen LogP contribution >= 0.6 is 0 Å². The lowest BCUT2D eigenvalue weighted by atomic mass is 10.1. The third-order valence-corrected chi connectivity index (χ3v) is 3.00. The average Bonchev–Trinajstić information content (AvgIpc) is 2.91. The highest BCUT2D eigenvalue weighted by Crippen LogP contribution is 2.34. The summed E-state index contributed by atoms with van der Waals surface area (Å²) in [7, 11) is 0. The lowest BCUT2D eigenvalue weighted by molar-refractivity contribution is 0.325. The van der Waals surface area contributed by atoms with Crippen molar-refractivity contribution >= 4 is 0 Å². The number of epoxide rings is 3. The van der Waals surface area contributed by atoms with Crippen molar-refractivity contribution in [1.29, 1.82) is 0 Å². The molecule has 3 rings (SSSR count). The van der Waals surface area contributed by atoms with Crippen molar-refractivity contribution in [3.8, 4) is 0 Å². The average molecular weight is 184 g/mol. The molecule has 4 atom stereocenters. The molecule has 3 aliphatic rings. The molecule has 0 unspecified atom stereocenters. The van der Waals surface area contributed by atoms with Gasteiger partial charge in [-0.3, -0.25) is 0 Å². The van der Waals surface area contributed by atoms with Crippen molar-refractivity contribution in [2.75, 3.05) is 13.2 Å². The smallest absolute Gasteiger partial charge is 0.0867 e. The van der Waals surface area contributed by atoms with Gasteiger partial charge in [0, 0.05) is 6.42 Å². The first-order valence-corrected chi connectivity index (χ1v) is 5.30. The summed E-state index contributed by atoms with van der Waals surface area (Å²) < 4.78 is 15.9. The van der Waals surface area contributed by atoms with Crippen molar-refractivity contribution in [3.63, 3.8) is 0 Å². The SMILES string of the molecule is C(C[C@@H]1CO1)C[C@H]1O[C@H]1C[C@@H]1CO1. The largest absolute Gasteiger partial charge is 0.373 e. The summed E-state index contributed by atoms with van der Waals surface area (Å²) in [6, 6.07) is 0. The Labute approximate surface area is 78.3 Å². The van der Waals surface area contributed by atoms with E-state index in [0.717, 1.165) is 19.6 Å². The standard InChI is InChI=1S/C10H16O3/c1(2-7-5-11-7)3-9-10(13-9)4-8-6-12-8/h7-10H,1-6H2/t7-,8-,9-,10+/m1/s1. The van der Waals surface area contributed by atoms with Crippen LogP contribution in [-0.4, -0.2) is 37.6 Å². The molecule has 3 heterocycles. The van der Waals surface area contributed by atoms with Gasteiger partial charge in [0.15, 0.2) is 0 Å². The van der Waals surface area contributed by atoms with E-state index in [1.165, 1.54) is 19.3 Å². The topological polar surface area (TPSA) is 37.6 Å². The molecule has 3 fully saturated rings. The Balaban J connectivity index is 1.25. The summed E-state index contributed by atoms with van der Waals surface area (Å²) in [6.07, 6.45) is 7.02. The molecule has 3 saturated heterocycles. The Bertz CT molecular complexity index is 187. The molecule has 0 aliphatic carbocycles. The zero-order valence-electron chi connectivity index (χ0n) is 7.78. The van der Waals surface area contributed by atoms with E-state index in [1.54, 1.807) is 0 Å². The first kappa shape index (κ1) is 8.21. The molecule has 0 saturated carbocycles. The molecule has 74 valence electrons. The van der Waals surface area contributed by atoms with Gasteiger partial charge in [0.1, 0.15) is 0 Å². The Morgan fingerprint density at radius 2 is 1.69 bits per heavy atom. The third kappa shape index (κ3) is 2.42. The van der Waals surface area contributed by atoms with Gasteiger partial charge in [-0.25, -0.2) is 0 Å². The fraction of sp³-hybridized carbons (Fsp3) is 1.00. The van der Waals surface area contributed by atoms with Gasteiger partial charge in [-0.05, 0) is 19.3 Å². The number of hydrogen-bond donors (Lipinski definition) is 0. The minimum absolute atomic E-state index is 0.521. The highest BCUT2D eigenvalue weighted by atomic mass is 16.6. The van der Waals surface area contributed by atoms with Gasteiger partial charge in [0.25, 0.3) is 0 Å². The van der Waals surface area contributed by atoms with Crippen molar-refractivity contribution < 1.29 is 14.2 Å². The van der Waals surface area contributed by atoms with Crippen LogP contribution < -0.4 is 0 Å². The molecule has 0 bridgehead atoms. The van der Waals surface area contributed by atoms with E-state index in [9.17, 15) is 0 Å². The monoisotopic (exact) mass is 184 g/mol. The zero-order chi connectivity index (χ0) is 8.67. The molecule has 0 aromatic rings. The Morgan fingerprint density at radius 3 is 2.38 bits per heavy atom. The van der Waals surface area contributed by atoms with E-state index in [4.69, 9.17) is 14.2 Å². The second-order valence-corrected chi connectivity index (χ2v) is 4.29. The second kappa shape index (κ2) is 3.23. The minimum atomic E-state index is 0.521. The van der Waals surface area contributed by atoms with E-state index in [0.29, 0.717) is 24.4 Å². The fourth-order valence-corrected chi connectivity index (χ4v) is 1.89. The summed E-state index contributed by atoms with van der Waals surface area (Å²) >= 11 is 0. The van der Waals surface area contributed by atoms with Crippen molar-refractivity contribution in [2.45, 2.75) is 50.1 Å². The van der Waals surface area contributed by atoms with Crippen LogP contribution in [0, 0.1) is 0 Å². The summed E-state index contributed by atoms with van der Waals surface area (Å²) in [5, 5.41) is 0. The normalized spacial score (nSPS) is 46.2. The maximum atomic E-state index is 5.55. The van der Waals surface area contributed by atoms with Gasteiger partial charge < -0.3 is 14.2 Å². The molecular weight excluding hydrogens is 168 g/mol. The Hall–Kier alpha value is -0.120. The Kier molecular flexibility index (Phi) is 2.04. The molecule has 0 radical (unpaired) electrons. The van der Waals surface area contributed by atoms with Crippen LogP contribution in [0.25, 0.3) is 0 Å². The van der Waals surface area contributed by atoms with E-state index in [-0.39, 0.29) is 0 Å². The molecule has 0 aromatic heterocycles. The van der Waals surface area contributed by atoms with E-state index >= 15 is 0 Å². The van der Waals surface area contributed by atoms with Gasteiger partial charge >= 0.3 is 0 Å². The van der Waals surface area contributed by atoms with Gasteiger partial charge in [0.2, 0.25) is 0 Å². The van der Waals surface area contributed by atoms with Crippen LogP contribution in [0.1, 0.15) is 25.7 Å². The van der Waals surface area contributed by atoms with Crippen LogP contribution in [0.2, 0.25) is 0 Å². The lowest BCUT2D eigenvalue weighted by Gasteiger charge is -1.93. The van der Waals surface area contributed by atoms with Crippen LogP contribution in [0.5, 0.6) is 0 Å². The van der Waals surface area contributed by atoms with E-state index < -0.39 is 0 Å². The van der Waals surface area contributed by atoms with Gasteiger partial charge in [-0.1, -0.05) is 0 Å². The number of rotatable bonds is 6. The number of ether oxygens (including phenoxy) is 3. The van der Waals surface area contributed by atoms with Gasteiger partial charge in [-0.2, -0.15) is 0 Å². The van der Waals surface area contributed by atoms with Crippen LogP contribution in [-0.2, 0) is 14.2 Å².